The van der Waals surface area contributed by atoms with Crippen LogP contribution in [0.3, 0.4) is 0 Å². The first-order chi connectivity index (χ1) is 11.8. The van der Waals surface area contributed by atoms with Crippen LogP contribution in [0, 0.1) is 13.8 Å². The van der Waals surface area contributed by atoms with E-state index in [-0.39, 0.29) is 23.8 Å². The fourth-order valence-electron chi connectivity index (χ4n) is 3.24. The third kappa shape index (κ3) is 5.52. The molecule has 1 aliphatic heterocycles. The van der Waals surface area contributed by atoms with Crippen molar-refractivity contribution in [2.24, 2.45) is 0 Å². The lowest BCUT2D eigenvalue weighted by Crippen LogP contribution is -2.40. The Kier molecular flexibility index (Phi) is 6.98. The molecule has 0 aromatic heterocycles. The normalized spacial score (nSPS) is 18.4. The van der Waals surface area contributed by atoms with Crippen molar-refractivity contribution in [3.8, 4) is 0 Å². The number of hydrogen-bond donors (Lipinski definition) is 2. The van der Waals surface area contributed by atoms with E-state index in [4.69, 9.17) is 0 Å². The maximum absolute atomic E-state index is 12.4. The van der Waals surface area contributed by atoms with Gasteiger partial charge in [0.1, 0.15) is 0 Å². The first kappa shape index (κ1) is 19.9. The van der Waals surface area contributed by atoms with Gasteiger partial charge in [0.25, 0.3) is 0 Å². The van der Waals surface area contributed by atoms with Gasteiger partial charge in [0.05, 0.1) is 4.90 Å². The largest absolute Gasteiger partial charge is 0.354 e. The van der Waals surface area contributed by atoms with E-state index in [1.54, 1.807) is 19.1 Å². The summed E-state index contributed by atoms with van der Waals surface area (Å²) in [4.78, 5) is 14.6. The average Bonchev–Trinajstić information content (AvgIpc) is 3.02. The minimum absolute atomic E-state index is 0.101. The molecule has 1 aliphatic rings. The van der Waals surface area contributed by atoms with Crippen LogP contribution < -0.4 is 10.0 Å². The van der Waals surface area contributed by atoms with Gasteiger partial charge in [-0.2, -0.15) is 0 Å². The van der Waals surface area contributed by atoms with Gasteiger partial charge in [0.2, 0.25) is 15.9 Å². The van der Waals surface area contributed by atoms with Crippen LogP contribution in [0.2, 0.25) is 0 Å². The number of nitrogens with one attached hydrogen (secondary N) is 2. The Morgan fingerprint density at radius 3 is 2.80 bits per heavy atom. The Balaban J connectivity index is 1.79. The lowest BCUT2D eigenvalue weighted by Gasteiger charge is -2.22. The summed E-state index contributed by atoms with van der Waals surface area (Å²) in [6.45, 7) is 8.57. The summed E-state index contributed by atoms with van der Waals surface area (Å²) in [7, 11) is -3.59. The van der Waals surface area contributed by atoms with E-state index < -0.39 is 10.0 Å². The molecule has 1 aromatic rings. The molecule has 0 bridgehead atoms. The van der Waals surface area contributed by atoms with E-state index in [1.165, 1.54) is 6.42 Å². The predicted molar refractivity (Wildman–Crippen MR) is 99.0 cm³/mol. The Bertz CT molecular complexity index is 704. The fourth-order valence-corrected chi connectivity index (χ4v) is 4.60. The van der Waals surface area contributed by atoms with Gasteiger partial charge in [-0.05, 0) is 57.0 Å². The number of likely N-dealkylation sites (N-methyl/N-ethyl adjacent to an activating group) is 1. The molecule has 7 heteroatoms. The van der Waals surface area contributed by atoms with E-state index in [0.29, 0.717) is 18.2 Å². The highest BCUT2D eigenvalue weighted by atomic mass is 32.2. The lowest BCUT2D eigenvalue weighted by atomic mass is 10.2. The molecule has 6 nitrogen and oxygen atoms in total. The van der Waals surface area contributed by atoms with Gasteiger partial charge in [0, 0.05) is 25.6 Å². The number of nitrogens with zero attached hydrogens (tertiary/aromatic N) is 1. The molecule has 2 rings (SSSR count). The summed E-state index contributed by atoms with van der Waals surface area (Å²) in [5.41, 5.74) is 1.59. The zero-order chi connectivity index (χ0) is 18.4. The quantitative estimate of drug-likeness (QED) is 0.731. The number of carbonyl (C=O) groups excluding carboxylic acids is 1. The molecule has 0 radical (unpaired) electrons. The molecular formula is C18H29N3O3S. The zero-order valence-corrected chi connectivity index (χ0v) is 16.2. The highest BCUT2D eigenvalue weighted by Gasteiger charge is 2.23. The number of hydrogen-bond acceptors (Lipinski definition) is 4. The van der Waals surface area contributed by atoms with E-state index in [0.717, 1.165) is 25.1 Å². The van der Waals surface area contributed by atoms with E-state index in [1.807, 2.05) is 13.0 Å². The van der Waals surface area contributed by atoms with E-state index in [2.05, 4.69) is 21.9 Å². The Morgan fingerprint density at radius 1 is 1.32 bits per heavy atom. The summed E-state index contributed by atoms with van der Waals surface area (Å²) >= 11 is 0. The van der Waals surface area contributed by atoms with Crippen LogP contribution in [0.5, 0.6) is 0 Å². The maximum atomic E-state index is 12.4. The Morgan fingerprint density at radius 2 is 2.08 bits per heavy atom. The van der Waals surface area contributed by atoms with Crippen molar-refractivity contribution < 1.29 is 13.2 Å². The molecule has 2 N–H and O–H groups in total. The summed E-state index contributed by atoms with van der Waals surface area (Å²) in [6, 6.07) is 5.72. The first-order valence-corrected chi connectivity index (χ1v) is 10.4. The highest BCUT2D eigenvalue weighted by Crippen LogP contribution is 2.17. The second kappa shape index (κ2) is 8.78. The molecule has 1 unspecified atom stereocenters. The first-order valence-electron chi connectivity index (χ1n) is 8.91. The molecule has 1 aromatic carbocycles. The smallest absolute Gasteiger partial charge is 0.240 e. The van der Waals surface area contributed by atoms with Gasteiger partial charge in [-0.3, -0.25) is 9.69 Å². The second-order valence-electron chi connectivity index (χ2n) is 6.65. The van der Waals surface area contributed by atoms with Crippen molar-refractivity contribution >= 4 is 15.9 Å². The SMILES string of the molecule is CCN1CCCC1CNC(=O)CCNS(=O)(=O)c1cc(C)ccc1C. The third-order valence-electron chi connectivity index (χ3n) is 4.72. The van der Waals surface area contributed by atoms with Crippen molar-refractivity contribution in [1.29, 1.82) is 0 Å². The fraction of sp³-hybridized carbons (Fsp3) is 0.611. The number of likely N-dealkylation sites (tertiary alicyclic amines) is 1. The summed E-state index contributed by atoms with van der Waals surface area (Å²) in [6.07, 6.45) is 2.42. The standard InChI is InChI=1S/C18H29N3O3S/c1-4-21-11-5-6-16(21)13-19-18(22)9-10-20-25(23,24)17-12-14(2)7-8-15(17)3/h7-8,12,16,20H,4-6,9-11,13H2,1-3H3,(H,19,22). The highest BCUT2D eigenvalue weighted by molar-refractivity contribution is 7.89. The maximum Gasteiger partial charge on any atom is 0.240 e. The average molecular weight is 368 g/mol. The zero-order valence-electron chi connectivity index (χ0n) is 15.3. The lowest BCUT2D eigenvalue weighted by molar-refractivity contribution is -0.121. The molecule has 1 heterocycles. The summed E-state index contributed by atoms with van der Waals surface area (Å²) in [5.74, 6) is -0.119. The van der Waals surface area contributed by atoms with Crippen LogP contribution >= 0.6 is 0 Å². The van der Waals surface area contributed by atoms with Crippen LogP contribution in [-0.4, -0.2) is 51.4 Å². The molecule has 1 fully saturated rings. The third-order valence-corrected chi connectivity index (χ3v) is 6.32. The molecule has 1 saturated heterocycles. The molecule has 0 aliphatic carbocycles. The molecule has 140 valence electrons. The number of aryl methyl sites for hydroxylation is 2. The molecule has 1 amide bonds. The van der Waals surface area contributed by atoms with Gasteiger partial charge in [-0.25, -0.2) is 13.1 Å². The van der Waals surface area contributed by atoms with Crippen molar-refractivity contribution in [3.05, 3.63) is 29.3 Å². The van der Waals surface area contributed by atoms with Crippen molar-refractivity contribution in [1.82, 2.24) is 14.9 Å². The molecule has 1 atom stereocenters. The predicted octanol–water partition coefficient (Wildman–Crippen LogP) is 1.57. The molecular weight excluding hydrogens is 338 g/mol. The minimum atomic E-state index is -3.59. The van der Waals surface area contributed by atoms with E-state index in [9.17, 15) is 13.2 Å². The van der Waals surface area contributed by atoms with Gasteiger partial charge in [-0.15, -0.1) is 0 Å². The van der Waals surface area contributed by atoms with Crippen molar-refractivity contribution in [2.45, 2.75) is 51.0 Å². The molecule has 0 spiro atoms. The molecule has 0 saturated carbocycles. The number of carbonyl (C=O) groups is 1. The number of amides is 1. The van der Waals surface area contributed by atoms with Crippen LogP contribution in [0.1, 0.15) is 37.3 Å². The van der Waals surface area contributed by atoms with Gasteiger partial charge >= 0.3 is 0 Å². The van der Waals surface area contributed by atoms with Crippen LogP contribution in [0.4, 0.5) is 0 Å². The minimum Gasteiger partial charge on any atom is -0.354 e. The van der Waals surface area contributed by atoms with Gasteiger partial charge < -0.3 is 5.32 Å². The number of benzene rings is 1. The summed E-state index contributed by atoms with van der Waals surface area (Å²) < 4.78 is 27.3. The van der Waals surface area contributed by atoms with Crippen LogP contribution in [-0.2, 0) is 14.8 Å². The van der Waals surface area contributed by atoms with Crippen molar-refractivity contribution in [3.63, 3.8) is 0 Å². The number of sulfonamides is 1. The van der Waals surface area contributed by atoms with Crippen molar-refractivity contribution in [2.75, 3.05) is 26.2 Å². The Hall–Kier alpha value is -1.44. The number of rotatable bonds is 8. The second-order valence-corrected chi connectivity index (χ2v) is 8.38. The Labute approximate surface area is 151 Å². The monoisotopic (exact) mass is 367 g/mol. The van der Waals surface area contributed by atoms with Crippen LogP contribution in [0.15, 0.2) is 23.1 Å². The topological polar surface area (TPSA) is 78.5 Å². The van der Waals surface area contributed by atoms with E-state index >= 15 is 0 Å². The van der Waals surface area contributed by atoms with Gasteiger partial charge in [-0.1, -0.05) is 19.1 Å². The summed E-state index contributed by atoms with van der Waals surface area (Å²) in [5, 5.41) is 2.92. The van der Waals surface area contributed by atoms with Crippen LogP contribution in [0.25, 0.3) is 0 Å². The van der Waals surface area contributed by atoms with Gasteiger partial charge in [0.15, 0.2) is 0 Å². The molecule has 25 heavy (non-hydrogen) atoms.